The molecule has 0 radical (unpaired) electrons. The average Bonchev–Trinajstić information content (AvgIpc) is 2.40. The van der Waals surface area contributed by atoms with Gasteiger partial charge in [0.1, 0.15) is 5.82 Å². The van der Waals surface area contributed by atoms with Gasteiger partial charge in [0, 0.05) is 29.5 Å². The van der Waals surface area contributed by atoms with E-state index in [9.17, 15) is 4.39 Å². The van der Waals surface area contributed by atoms with E-state index in [1.807, 2.05) is 12.1 Å². The number of nitrogens with zero attached hydrogens (tertiary/aromatic N) is 1. The first kappa shape index (κ1) is 13.2. The van der Waals surface area contributed by atoms with E-state index in [1.165, 1.54) is 12.1 Å². The normalized spacial score (nSPS) is 12.4. The highest BCUT2D eigenvalue weighted by atomic mass is 79.9. The maximum Gasteiger partial charge on any atom is 0.123 e. The fraction of sp³-hybridized carbons (Fsp3) is 0.214. The van der Waals surface area contributed by atoms with Gasteiger partial charge in [-0.1, -0.05) is 15.9 Å². The van der Waals surface area contributed by atoms with Crippen LogP contribution in [0.4, 0.5) is 4.39 Å². The Labute approximate surface area is 114 Å². The quantitative estimate of drug-likeness (QED) is 0.928. The smallest absolute Gasteiger partial charge is 0.123 e. The summed E-state index contributed by atoms with van der Waals surface area (Å²) < 4.78 is 14.1. The Morgan fingerprint density at radius 3 is 2.72 bits per heavy atom. The fourth-order valence-corrected chi connectivity index (χ4v) is 2.10. The highest BCUT2D eigenvalue weighted by molar-refractivity contribution is 9.10. The molecule has 1 aromatic carbocycles. The van der Waals surface area contributed by atoms with Gasteiger partial charge in [0.15, 0.2) is 0 Å². The molecule has 0 fully saturated rings. The van der Waals surface area contributed by atoms with Crippen LogP contribution < -0.4 is 5.32 Å². The summed E-state index contributed by atoms with van der Waals surface area (Å²) in [4.78, 5) is 3.99. The van der Waals surface area contributed by atoms with Gasteiger partial charge in [-0.3, -0.25) is 4.98 Å². The molecule has 94 valence electrons. The number of halogens is 2. The number of rotatable bonds is 4. The predicted molar refractivity (Wildman–Crippen MR) is 73.6 cm³/mol. The first-order valence-electron chi connectivity index (χ1n) is 5.74. The van der Waals surface area contributed by atoms with Crippen LogP contribution in [0.2, 0.25) is 0 Å². The van der Waals surface area contributed by atoms with E-state index in [-0.39, 0.29) is 11.9 Å². The third-order valence-corrected chi connectivity index (χ3v) is 3.59. The van der Waals surface area contributed by atoms with Crippen LogP contribution in [0, 0.1) is 5.82 Å². The molecule has 0 amide bonds. The van der Waals surface area contributed by atoms with E-state index >= 15 is 0 Å². The van der Waals surface area contributed by atoms with Crippen molar-refractivity contribution >= 4 is 15.9 Å². The lowest BCUT2D eigenvalue weighted by Crippen LogP contribution is -2.18. The maximum absolute atomic E-state index is 13.1. The zero-order valence-electron chi connectivity index (χ0n) is 10.0. The molecule has 1 N–H and O–H groups in total. The Bertz CT molecular complexity index is 516. The Hall–Kier alpha value is -1.26. The van der Waals surface area contributed by atoms with Gasteiger partial charge in [0.05, 0.1) is 0 Å². The first-order valence-corrected chi connectivity index (χ1v) is 6.53. The summed E-state index contributed by atoms with van der Waals surface area (Å²) in [7, 11) is 0. The molecular formula is C14H14BrFN2. The Morgan fingerprint density at radius 1 is 1.28 bits per heavy atom. The Kier molecular flexibility index (Phi) is 4.44. The van der Waals surface area contributed by atoms with Crippen LogP contribution in [-0.4, -0.2) is 4.98 Å². The van der Waals surface area contributed by atoms with Crippen LogP contribution in [0.25, 0.3) is 0 Å². The topological polar surface area (TPSA) is 24.9 Å². The first-order chi connectivity index (χ1) is 8.66. The van der Waals surface area contributed by atoms with Gasteiger partial charge in [0.2, 0.25) is 0 Å². The van der Waals surface area contributed by atoms with E-state index < -0.39 is 0 Å². The molecule has 0 aliphatic rings. The second-order valence-electron chi connectivity index (χ2n) is 4.12. The average molecular weight is 309 g/mol. The molecule has 2 nitrogen and oxygen atoms in total. The molecular weight excluding hydrogens is 295 g/mol. The summed E-state index contributed by atoms with van der Waals surface area (Å²) in [5.74, 6) is -0.216. The van der Waals surface area contributed by atoms with Crippen LogP contribution in [0.15, 0.2) is 47.2 Å². The minimum absolute atomic E-state index is 0.197. The minimum Gasteiger partial charge on any atom is -0.306 e. The van der Waals surface area contributed by atoms with Crippen LogP contribution in [0.1, 0.15) is 24.1 Å². The monoisotopic (exact) mass is 308 g/mol. The standard InChI is InChI=1S/C14H14BrFN2/c1-10(11-4-6-17-7-5-11)18-9-12-8-13(16)2-3-14(12)15/h2-8,10,18H,9H2,1H3/t10-/m0/s1. The number of hydrogen-bond donors (Lipinski definition) is 1. The van der Waals surface area contributed by atoms with E-state index in [0.29, 0.717) is 6.54 Å². The van der Waals surface area contributed by atoms with Crippen molar-refractivity contribution in [2.24, 2.45) is 0 Å². The van der Waals surface area contributed by atoms with Crippen molar-refractivity contribution in [3.63, 3.8) is 0 Å². The largest absolute Gasteiger partial charge is 0.306 e. The molecule has 0 aliphatic heterocycles. The summed E-state index contributed by atoms with van der Waals surface area (Å²) in [6.07, 6.45) is 3.54. The Morgan fingerprint density at radius 2 is 2.00 bits per heavy atom. The van der Waals surface area contributed by atoms with E-state index in [4.69, 9.17) is 0 Å². The van der Waals surface area contributed by atoms with Crippen LogP contribution in [-0.2, 0) is 6.54 Å². The van der Waals surface area contributed by atoms with Gasteiger partial charge in [-0.05, 0) is 48.4 Å². The van der Waals surface area contributed by atoms with Crippen molar-refractivity contribution in [1.82, 2.24) is 10.3 Å². The third kappa shape index (κ3) is 3.37. The lowest BCUT2D eigenvalue weighted by molar-refractivity contribution is 0.567. The van der Waals surface area contributed by atoms with E-state index in [2.05, 4.69) is 33.2 Å². The molecule has 2 rings (SSSR count). The van der Waals surface area contributed by atoms with Gasteiger partial charge < -0.3 is 5.32 Å². The van der Waals surface area contributed by atoms with Crippen molar-refractivity contribution in [2.75, 3.05) is 0 Å². The van der Waals surface area contributed by atoms with Crippen LogP contribution in [0.3, 0.4) is 0 Å². The van der Waals surface area contributed by atoms with Gasteiger partial charge in [-0.25, -0.2) is 4.39 Å². The molecule has 0 saturated carbocycles. The number of nitrogens with one attached hydrogen (secondary N) is 1. The summed E-state index contributed by atoms with van der Waals surface area (Å²) in [6.45, 7) is 2.68. The molecule has 0 saturated heterocycles. The molecule has 1 heterocycles. The number of benzene rings is 1. The second kappa shape index (κ2) is 6.07. The lowest BCUT2D eigenvalue weighted by Gasteiger charge is -2.14. The van der Waals surface area contributed by atoms with Crippen molar-refractivity contribution in [2.45, 2.75) is 19.5 Å². The summed E-state index contributed by atoms with van der Waals surface area (Å²) in [5.41, 5.74) is 2.08. The fourth-order valence-electron chi connectivity index (χ4n) is 1.71. The molecule has 2 aromatic rings. The highest BCUT2D eigenvalue weighted by Crippen LogP contribution is 2.19. The third-order valence-electron chi connectivity index (χ3n) is 2.81. The predicted octanol–water partition coefficient (Wildman–Crippen LogP) is 3.83. The minimum atomic E-state index is -0.216. The van der Waals surface area contributed by atoms with E-state index in [0.717, 1.165) is 15.6 Å². The molecule has 1 atom stereocenters. The number of pyridine rings is 1. The zero-order valence-corrected chi connectivity index (χ0v) is 11.6. The van der Waals surface area contributed by atoms with Crippen LogP contribution >= 0.6 is 15.9 Å². The van der Waals surface area contributed by atoms with Crippen molar-refractivity contribution in [3.8, 4) is 0 Å². The van der Waals surface area contributed by atoms with Gasteiger partial charge in [-0.15, -0.1) is 0 Å². The maximum atomic E-state index is 13.1. The molecule has 0 aliphatic carbocycles. The molecule has 0 spiro atoms. The Balaban J connectivity index is 2.01. The van der Waals surface area contributed by atoms with Gasteiger partial charge in [-0.2, -0.15) is 0 Å². The number of hydrogen-bond acceptors (Lipinski definition) is 2. The van der Waals surface area contributed by atoms with Crippen molar-refractivity contribution in [3.05, 3.63) is 64.1 Å². The second-order valence-corrected chi connectivity index (χ2v) is 4.97. The molecule has 18 heavy (non-hydrogen) atoms. The SMILES string of the molecule is C[C@H](NCc1cc(F)ccc1Br)c1ccncc1. The van der Waals surface area contributed by atoms with Gasteiger partial charge in [0.25, 0.3) is 0 Å². The van der Waals surface area contributed by atoms with E-state index in [1.54, 1.807) is 18.5 Å². The summed E-state index contributed by atoms with van der Waals surface area (Å²) >= 11 is 3.42. The summed E-state index contributed by atoms with van der Waals surface area (Å²) in [5, 5.41) is 3.36. The zero-order chi connectivity index (χ0) is 13.0. The van der Waals surface area contributed by atoms with Crippen molar-refractivity contribution < 1.29 is 4.39 Å². The molecule has 0 bridgehead atoms. The molecule has 1 aromatic heterocycles. The highest BCUT2D eigenvalue weighted by Gasteiger charge is 2.06. The van der Waals surface area contributed by atoms with Crippen LogP contribution in [0.5, 0.6) is 0 Å². The van der Waals surface area contributed by atoms with Gasteiger partial charge >= 0.3 is 0 Å². The molecule has 0 unspecified atom stereocenters. The summed E-state index contributed by atoms with van der Waals surface area (Å²) in [6, 6.07) is 8.85. The molecule has 4 heteroatoms. The number of aromatic nitrogens is 1. The lowest BCUT2D eigenvalue weighted by atomic mass is 10.1. The van der Waals surface area contributed by atoms with Crippen molar-refractivity contribution in [1.29, 1.82) is 0 Å².